The van der Waals surface area contributed by atoms with E-state index in [1.165, 1.54) is 0 Å². The molecule has 84 valence electrons. The van der Waals surface area contributed by atoms with E-state index in [0.717, 1.165) is 19.3 Å². The Morgan fingerprint density at radius 2 is 1.71 bits per heavy atom. The van der Waals surface area contributed by atoms with Gasteiger partial charge in [-0.25, -0.2) is 0 Å². The molecule has 0 heterocycles. The van der Waals surface area contributed by atoms with Gasteiger partial charge >= 0.3 is 5.97 Å². The second-order valence-corrected chi connectivity index (χ2v) is 3.80. The Kier molecular flexibility index (Phi) is 6.54. The molecule has 0 aromatic heterocycles. The van der Waals surface area contributed by atoms with E-state index < -0.39 is 18.0 Å². The number of aliphatic carboxylic acids is 1. The zero-order valence-corrected chi connectivity index (χ0v) is 9.36. The van der Waals surface area contributed by atoms with Crippen LogP contribution in [-0.2, 0) is 4.79 Å². The van der Waals surface area contributed by atoms with E-state index in [-0.39, 0.29) is 5.92 Å². The molecule has 0 saturated carbocycles. The summed E-state index contributed by atoms with van der Waals surface area (Å²) in [7, 11) is 0. The number of hydrogen-bond acceptors (Lipinski definition) is 2. The predicted molar refractivity (Wildman–Crippen MR) is 56.1 cm³/mol. The highest BCUT2D eigenvalue weighted by molar-refractivity contribution is 5.70. The van der Waals surface area contributed by atoms with Crippen LogP contribution in [0.2, 0.25) is 0 Å². The summed E-state index contributed by atoms with van der Waals surface area (Å²) in [6, 6.07) is 0. The van der Waals surface area contributed by atoms with Gasteiger partial charge in [0.15, 0.2) is 0 Å². The fourth-order valence-corrected chi connectivity index (χ4v) is 1.85. The third-order valence-corrected chi connectivity index (χ3v) is 2.86. The molecule has 0 amide bonds. The lowest BCUT2D eigenvalue weighted by Crippen LogP contribution is -2.34. The molecule has 3 nitrogen and oxygen atoms in total. The second kappa shape index (κ2) is 6.82. The van der Waals surface area contributed by atoms with Crippen molar-refractivity contribution in [3.8, 4) is 0 Å². The van der Waals surface area contributed by atoms with Crippen LogP contribution in [0, 0.1) is 11.8 Å². The summed E-state index contributed by atoms with van der Waals surface area (Å²) in [4.78, 5) is 10.9. The third kappa shape index (κ3) is 3.66. The van der Waals surface area contributed by atoms with Gasteiger partial charge in [-0.3, -0.25) is 4.79 Å². The minimum absolute atomic E-state index is 0.114. The number of aliphatic hydroxyl groups is 1. The van der Waals surface area contributed by atoms with Gasteiger partial charge in [0.2, 0.25) is 0 Å². The number of carbonyl (C=O) groups is 1. The highest BCUT2D eigenvalue weighted by atomic mass is 16.4. The summed E-state index contributed by atoms with van der Waals surface area (Å²) >= 11 is 0. The molecule has 0 radical (unpaired) electrons. The SMILES string of the molecule is CCCC(C(=O)O)C(O)C(CC)CC. The standard InChI is InChI=1S/C11H22O3/c1-4-7-9(11(13)14)10(12)8(5-2)6-3/h8-10,12H,4-7H2,1-3H3,(H,13,14). The van der Waals surface area contributed by atoms with Crippen molar-refractivity contribution in [1.29, 1.82) is 0 Å². The number of aliphatic hydroxyl groups excluding tert-OH is 1. The topological polar surface area (TPSA) is 57.5 Å². The van der Waals surface area contributed by atoms with E-state index in [0.29, 0.717) is 6.42 Å². The maximum atomic E-state index is 10.9. The van der Waals surface area contributed by atoms with Gasteiger partial charge in [0.05, 0.1) is 12.0 Å². The van der Waals surface area contributed by atoms with Crippen molar-refractivity contribution in [3.63, 3.8) is 0 Å². The van der Waals surface area contributed by atoms with Crippen LogP contribution >= 0.6 is 0 Å². The smallest absolute Gasteiger partial charge is 0.309 e. The Morgan fingerprint density at radius 3 is 2.00 bits per heavy atom. The van der Waals surface area contributed by atoms with Crippen molar-refractivity contribution in [1.82, 2.24) is 0 Å². The summed E-state index contributed by atoms with van der Waals surface area (Å²) in [6.07, 6.45) is 2.35. The number of hydrogen-bond donors (Lipinski definition) is 2. The van der Waals surface area contributed by atoms with E-state index in [1.54, 1.807) is 0 Å². The molecule has 14 heavy (non-hydrogen) atoms. The van der Waals surface area contributed by atoms with Gasteiger partial charge in [0.1, 0.15) is 0 Å². The second-order valence-electron chi connectivity index (χ2n) is 3.80. The fraction of sp³-hybridized carbons (Fsp3) is 0.909. The molecule has 2 unspecified atom stereocenters. The average molecular weight is 202 g/mol. The Hall–Kier alpha value is -0.570. The Morgan fingerprint density at radius 1 is 1.21 bits per heavy atom. The summed E-state index contributed by atoms with van der Waals surface area (Å²) in [5.74, 6) is -1.35. The Bertz CT molecular complexity index is 164. The summed E-state index contributed by atoms with van der Waals surface area (Å²) in [5, 5.41) is 18.8. The molecule has 0 spiro atoms. The molecule has 0 bridgehead atoms. The minimum Gasteiger partial charge on any atom is -0.481 e. The van der Waals surface area contributed by atoms with Crippen molar-refractivity contribution in [2.75, 3.05) is 0 Å². The van der Waals surface area contributed by atoms with Gasteiger partial charge in [-0.1, -0.05) is 40.0 Å². The third-order valence-electron chi connectivity index (χ3n) is 2.86. The molecular weight excluding hydrogens is 180 g/mol. The maximum absolute atomic E-state index is 10.9. The minimum atomic E-state index is -0.869. The first-order valence-corrected chi connectivity index (χ1v) is 5.49. The van der Waals surface area contributed by atoms with Crippen LogP contribution in [0.4, 0.5) is 0 Å². The summed E-state index contributed by atoms with van der Waals surface area (Å²) in [6.45, 7) is 5.92. The highest BCUT2D eigenvalue weighted by Gasteiger charge is 2.30. The quantitative estimate of drug-likeness (QED) is 0.666. The molecule has 0 aliphatic carbocycles. The normalized spacial score (nSPS) is 15.5. The van der Waals surface area contributed by atoms with Gasteiger partial charge in [-0.05, 0) is 12.3 Å². The molecule has 0 aromatic rings. The van der Waals surface area contributed by atoms with Crippen LogP contribution in [0.3, 0.4) is 0 Å². The van der Waals surface area contributed by atoms with E-state index in [1.807, 2.05) is 20.8 Å². The van der Waals surface area contributed by atoms with Crippen LogP contribution < -0.4 is 0 Å². The first kappa shape index (κ1) is 13.4. The largest absolute Gasteiger partial charge is 0.481 e. The van der Waals surface area contributed by atoms with Crippen molar-refractivity contribution in [2.24, 2.45) is 11.8 Å². The molecule has 0 aromatic carbocycles. The predicted octanol–water partition coefficient (Wildman–Crippen LogP) is 2.28. The first-order chi connectivity index (χ1) is 6.58. The number of rotatable bonds is 7. The van der Waals surface area contributed by atoms with Gasteiger partial charge in [-0.2, -0.15) is 0 Å². The lowest BCUT2D eigenvalue weighted by molar-refractivity contribution is -0.147. The molecule has 0 saturated heterocycles. The Balaban J connectivity index is 4.39. The van der Waals surface area contributed by atoms with Gasteiger partial charge in [-0.15, -0.1) is 0 Å². The van der Waals surface area contributed by atoms with Gasteiger partial charge < -0.3 is 10.2 Å². The molecule has 0 aliphatic rings. The number of carboxylic acid groups (broad SMARTS) is 1. The highest BCUT2D eigenvalue weighted by Crippen LogP contribution is 2.23. The Labute approximate surface area is 86.1 Å². The number of carboxylic acids is 1. The molecule has 2 N–H and O–H groups in total. The average Bonchev–Trinajstić information content (AvgIpc) is 2.15. The van der Waals surface area contributed by atoms with E-state index in [2.05, 4.69) is 0 Å². The first-order valence-electron chi connectivity index (χ1n) is 5.49. The molecule has 3 heteroatoms. The molecule has 0 fully saturated rings. The van der Waals surface area contributed by atoms with Crippen LogP contribution in [-0.4, -0.2) is 22.3 Å². The summed E-state index contributed by atoms with van der Waals surface area (Å²) < 4.78 is 0. The van der Waals surface area contributed by atoms with E-state index in [4.69, 9.17) is 5.11 Å². The zero-order chi connectivity index (χ0) is 11.1. The lowest BCUT2D eigenvalue weighted by Gasteiger charge is -2.25. The van der Waals surface area contributed by atoms with Crippen molar-refractivity contribution >= 4 is 5.97 Å². The van der Waals surface area contributed by atoms with Crippen LogP contribution in [0.15, 0.2) is 0 Å². The molecule has 0 rings (SSSR count). The van der Waals surface area contributed by atoms with Crippen molar-refractivity contribution < 1.29 is 15.0 Å². The molecule has 0 aliphatic heterocycles. The van der Waals surface area contributed by atoms with Crippen LogP contribution in [0.5, 0.6) is 0 Å². The van der Waals surface area contributed by atoms with Crippen molar-refractivity contribution in [2.45, 2.75) is 52.6 Å². The van der Waals surface area contributed by atoms with Gasteiger partial charge in [0, 0.05) is 0 Å². The van der Waals surface area contributed by atoms with Crippen LogP contribution in [0.25, 0.3) is 0 Å². The summed E-state index contributed by atoms with van der Waals surface area (Å²) in [5.41, 5.74) is 0. The maximum Gasteiger partial charge on any atom is 0.309 e. The molecule has 2 atom stereocenters. The zero-order valence-electron chi connectivity index (χ0n) is 9.36. The van der Waals surface area contributed by atoms with Crippen LogP contribution in [0.1, 0.15) is 46.5 Å². The molecular formula is C11H22O3. The van der Waals surface area contributed by atoms with Crippen molar-refractivity contribution in [3.05, 3.63) is 0 Å². The van der Waals surface area contributed by atoms with E-state index in [9.17, 15) is 9.90 Å². The fourth-order valence-electron chi connectivity index (χ4n) is 1.85. The monoisotopic (exact) mass is 202 g/mol. The van der Waals surface area contributed by atoms with E-state index >= 15 is 0 Å². The van der Waals surface area contributed by atoms with Gasteiger partial charge in [0.25, 0.3) is 0 Å². The lowest BCUT2D eigenvalue weighted by atomic mass is 9.85.